The van der Waals surface area contributed by atoms with E-state index in [9.17, 15) is 14.6 Å². The quantitative estimate of drug-likeness (QED) is 0.786. The van der Waals surface area contributed by atoms with Crippen LogP contribution in [-0.2, 0) is 26.8 Å². The van der Waals surface area contributed by atoms with E-state index in [-0.39, 0.29) is 13.2 Å². The van der Waals surface area contributed by atoms with Gasteiger partial charge >= 0.3 is 0 Å². The lowest BCUT2D eigenvalue weighted by atomic mass is 10.0. The van der Waals surface area contributed by atoms with Crippen molar-refractivity contribution in [3.63, 3.8) is 0 Å². The number of benzene rings is 2. The maximum absolute atomic E-state index is 11.5. The van der Waals surface area contributed by atoms with E-state index in [0.29, 0.717) is 0 Å². The van der Waals surface area contributed by atoms with Gasteiger partial charge in [-0.05, 0) is 42.2 Å². The van der Waals surface area contributed by atoms with Crippen LogP contribution in [0.1, 0.15) is 25.0 Å². The molecule has 1 atom stereocenters. The number of hydrogen-bond donors (Lipinski definition) is 1. The van der Waals surface area contributed by atoms with Gasteiger partial charge in [0.1, 0.15) is 0 Å². The fraction of sp³-hybridized carbons (Fsp3) is 0.294. The first-order valence-corrected chi connectivity index (χ1v) is 8.79. The molecule has 5 nitrogen and oxygen atoms in total. The molecule has 0 spiro atoms. The van der Waals surface area contributed by atoms with Crippen LogP contribution in [0.2, 0.25) is 0 Å². The number of phosphoric ester groups is 1. The minimum Gasteiger partial charge on any atom is -0.756 e. The van der Waals surface area contributed by atoms with Crippen LogP contribution < -0.4 is 4.89 Å². The summed E-state index contributed by atoms with van der Waals surface area (Å²) in [5, 5.41) is 9.18. The van der Waals surface area contributed by atoms with Crippen LogP contribution in [-0.4, -0.2) is 11.2 Å². The van der Waals surface area contributed by atoms with Gasteiger partial charge in [-0.3, -0.25) is 4.57 Å². The summed E-state index contributed by atoms with van der Waals surface area (Å²) >= 11 is 0. The number of aliphatic hydroxyl groups is 1. The van der Waals surface area contributed by atoms with E-state index in [1.807, 2.05) is 36.4 Å². The Morgan fingerprint density at radius 2 is 1.78 bits per heavy atom. The molecule has 2 rings (SSSR count). The van der Waals surface area contributed by atoms with Gasteiger partial charge < -0.3 is 19.0 Å². The van der Waals surface area contributed by atoms with Gasteiger partial charge in [-0.15, -0.1) is 0 Å². The summed E-state index contributed by atoms with van der Waals surface area (Å²) in [7, 11) is -4.27. The molecular formula is C17H20O5P-. The lowest BCUT2D eigenvalue weighted by molar-refractivity contribution is -0.229. The summed E-state index contributed by atoms with van der Waals surface area (Å²) in [6.45, 7) is 3.19. The monoisotopic (exact) mass is 335 g/mol. The molecular weight excluding hydrogens is 315 g/mol. The lowest BCUT2D eigenvalue weighted by Gasteiger charge is -2.24. The molecule has 23 heavy (non-hydrogen) atoms. The standard InChI is InChI=1S/C17H21O5P/c1-13(2)22-23(19,20)21-12-14-6-8-16(9-7-14)17-5-3-4-15(10-17)11-18/h3-10,13,18H,11-12H2,1-2H3,(H,19,20)/p-1. The second kappa shape index (κ2) is 7.86. The number of hydrogen-bond acceptors (Lipinski definition) is 5. The average molecular weight is 335 g/mol. The molecule has 1 N–H and O–H groups in total. The Kier molecular flexibility index (Phi) is 6.10. The molecule has 0 heterocycles. The summed E-state index contributed by atoms with van der Waals surface area (Å²) in [4.78, 5) is 11.5. The number of aliphatic hydroxyl groups excluding tert-OH is 1. The van der Waals surface area contributed by atoms with Gasteiger partial charge in [0.25, 0.3) is 7.82 Å². The molecule has 0 fully saturated rings. The predicted octanol–water partition coefficient (Wildman–Crippen LogP) is 3.26. The topological polar surface area (TPSA) is 78.8 Å². The van der Waals surface area contributed by atoms with Crippen LogP contribution in [0.4, 0.5) is 0 Å². The molecule has 0 aliphatic rings. The van der Waals surface area contributed by atoms with E-state index in [4.69, 9.17) is 9.05 Å². The summed E-state index contributed by atoms with van der Waals surface area (Å²) in [5.41, 5.74) is 3.54. The zero-order valence-electron chi connectivity index (χ0n) is 13.1. The molecule has 0 saturated heterocycles. The third kappa shape index (κ3) is 5.57. The van der Waals surface area contributed by atoms with Gasteiger partial charge in [0.2, 0.25) is 0 Å². The van der Waals surface area contributed by atoms with Crippen molar-refractivity contribution in [2.24, 2.45) is 0 Å². The second-order valence-electron chi connectivity index (χ2n) is 5.43. The van der Waals surface area contributed by atoms with Crippen LogP contribution in [0, 0.1) is 0 Å². The molecule has 0 amide bonds. The van der Waals surface area contributed by atoms with Crippen molar-refractivity contribution >= 4 is 7.82 Å². The third-order valence-electron chi connectivity index (χ3n) is 3.13. The van der Waals surface area contributed by atoms with Crippen molar-refractivity contribution in [2.75, 3.05) is 0 Å². The SMILES string of the molecule is CC(C)OP(=O)([O-])OCc1ccc(-c2cccc(CO)c2)cc1. The van der Waals surface area contributed by atoms with E-state index in [1.165, 1.54) is 0 Å². The molecule has 1 unspecified atom stereocenters. The molecule has 0 aliphatic heterocycles. The van der Waals surface area contributed by atoms with Crippen molar-refractivity contribution in [3.05, 3.63) is 59.7 Å². The minimum atomic E-state index is -4.27. The van der Waals surface area contributed by atoms with Crippen molar-refractivity contribution < 1.29 is 23.6 Å². The number of phosphoric acid groups is 1. The Balaban J connectivity index is 2.03. The van der Waals surface area contributed by atoms with Crippen molar-refractivity contribution in [1.29, 1.82) is 0 Å². The molecule has 2 aromatic carbocycles. The molecule has 6 heteroatoms. The van der Waals surface area contributed by atoms with Crippen LogP contribution >= 0.6 is 7.82 Å². The molecule has 0 bridgehead atoms. The Morgan fingerprint density at radius 3 is 2.39 bits per heavy atom. The third-order valence-corrected chi connectivity index (χ3v) is 4.25. The molecule has 0 saturated carbocycles. The normalized spacial score (nSPS) is 14.0. The van der Waals surface area contributed by atoms with Crippen LogP contribution in [0.5, 0.6) is 0 Å². The summed E-state index contributed by atoms with van der Waals surface area (Å²) < 4.78 is 21.1. The van der Waals surface area contributed by atoms with E-state index >= 15 is 0 Å². The Hall–Kier alpha value is -1.49. The van der Waals surface area contributed by atoms with E-state index in [1.54, 1.807) is 26.0 Å². The van der Waals surface area contributed by atoms with Gasteiger partial charge in [0.15, 0.2) is 0 Å². The van der Waals surface area contributed by atoms with Crippen LogP contribution in [0.25, 0.3) is 11.1 Å². The fourth-order valence-corrected chi connectivity index (χ4v) is 2.97. The molecule has 0 aliphatic carbocycles. The highest BCUT2D eigenvalue weighted by Gasteiger charge is 2.11. The van der Waals surface area contributed by atoms with Crippen molar-refractivity contribution in [1.82, 2.24) is 0 Å². The molecule has 124 valence electrons. The van der Waals surface area contributed by atoms with E-state index < -0.39 is 13.9 Å². The highest BCUT2D eigenvalue weighted by molar-refractivity contribution is 7.45. The maximum atomic E-state index is 11.5. The molecule has 0 radical (unpaired) electrons. The van der Waals surface area contributed by atoms with Gasteiger partial charge in [0.05, 0.1) is 19.3 Å². The first kappa shape index (κ1) is 17.9. The van der Waals surface area contributed by atoms with Gasteiger partial charge in [0, 0.05) is 0 Å². The largest absolute Gasteiger partial charge is 0.756 e. The van der Waals surface area contributed by atoms with E-state index in [2.05, 4.69) is 0 Å². The van der Waals surface area contributed by atoms with Crippen molar-refractivity contribution in [2.45, 2.75) is 33.2 Å². The predicted molar refractivity (Wildman–Crippen MR) is 86.4 cm³/mol. The van der Waals surface area contributed by atoms with Crippen LogP contribution in [0.15, 0.2) is 48.5 Å². The first-order valence-electron chi connectivity index (χ1n) is 7.33. The molecule has 2 aromatic rings. The van der Waals surface area contributed by atoms with Gasteiger partial charge in [-0.2, -0.15) is 0 Å². The Morgan fingerprint density at radius 1 is 1.09 bits per heavy atom. The zero-order valence-corrected chi connectivity index (χ0v) is 14.0. The summed E-state index contributed by atoms with van der Waals surface area (Å²) in [5.74, 6) is 0. The van der Waals surface area contributed by atoms with Crippen molar-refractivity contribution in [3.8, 4) is 11.1 Å². The first-order chi connectivity index (χ1) is 10.9. The second-order valence-corrected chi connectivity index (χ2v) is 6.79. The smallest absolute Gasteiger partial charge is 0.268 e. The summed E-state index contributed by atoms with van der Waals surface area (Å²) in [6, 6.07) is 15.0. The number of rotatable bonds is 7. The zero-order chi connectivity index (χ0) is 16.9. The Labute approximate surface area is 136 Å². The lowest BCUT2D eigenvalue weighted by Crippen LogP contribution is -2.12. The highest BCUT2D eigenvalue weighted by atomic mass is 31.2. The highest BCUT2D eigenvalue weighted by Crippen LogP contribution is 2.40. The fourth-order valence-electron chi connectivity index (χ4n) is 2.08. The minimum absolute atomic E-state index is 0.00556. The van der Waals surface area contributed by atoms with Gasteiger partial charge in [-0.25, -0.2) is 0 Å². The molecule has 0 aromatic heterocycles. The van der Waals surface area contributed by atoms with E-state index in [0.717, 1.165) is 22.3 Å². The Bertz CT molecular complexity index is 682. The average Bonchev–Trinajstić information content (AvgIpc) is 2.52. The maximum Gasteiger partial charge on any atom is 0.268 e. The van der Waals surface area contributed by atoms with Gasteiger partial charge in [-0.1, -0.05) is 42.5 Å². The summed E-state index contributed by atoms with van der Waals surface area (Å²) in [6.07, 6.45) is -0.445. The van der Waals surface area contributed by atoms with Crippen LogP contribution in [0.3, 0.4) is 0 Å².